The average molecular weight is 275 g/mol. The molecule has 1 rings (SSSR count). The number of aryl methyl sites for hydroxylation is 1. The van der Waals surface area contributed by atoms with Gasteiger partial charge in [0.1, 0.15) is 10.7 Å². The Hall–Kier alpha value is -1.61. The zero-order valence-electron chi connectivity index (χ0n) is 10.2. The molecule has 102 valence electrons. The molecule has 4 N–H and O–H groups in total. The van der Waals surface area contributed by atoms with Gasteiger partial charge in [0.05, 0.1) is 6.20 Å². The molecular weight excluding hydrogens is 258 g/mol. The van der Waals surface area contributed by atoms with Gasteiger partial charge in [0.15, 0.2) is 0 Å². The molecule has 0 aliphatic carbocycles. The first-order valence-electron chi connectivity index (χ1n) is 5.36. The van der Waals surface area contributed by atoms with Crippen molar-refractivity contribution in [2.24, 2.45) is 17.9 Å². The van der Waals surface area contributed by atoms with E-state index in [0.29, 0.717) is 6.42 Å². The maximum Gasteiger partial charge on any atom is 0.243 e. The predicted molar refractivity (Wildman–Crippen MR) is 65.6 cm³/mol. The van der Waals surface area contributed by atoms with Crippen LogP contribution >= 0.6 is 0 Å². The van der Waals surface area contributed by atoms with Gasteiger partial charge in [-0.2, -0.15) is 5.10 Å². The molecule has 1 aromatic heterocycles. The number of nitrogens with one attached hydrogen (secondary N) is 1. The maximum absolute atomic E-state index is 12.0. The number of amidine groups is 1. The van der Waals surface area contributed by atoms with Crippen molar-refractivity contribution in [2.45, 2.75) is 30.7 Å². The fourth-order valence-electron chi connectivity index (χ4n) is 1.39. The number of sulfonamides is 1. The average Bonchev–Trinajstić information content (AvgIpc) is 2.75. The molecule has 1 atom stereocenters. The largest absolute Gasteiger partial charge is 0.409 e. The molecule has 9 heteroatoms. The van der Waals surface area contributed by atoms with Gasteiger partial charge in [0.25, 0.3) is 0 Å². The van der Waals surface area contributed by atoms with Gasteiger partial charge in [-0.25, -0.2) is 13.1 Å². The van der Waals surface area contributed by atoms with Crippen molar-refractivity contribution < 1.29 is 13.6 Å². The van der Waals surface area contributed by atoms with Crippen LogP contribution < -0.4 is 10.5 Å². The Morgan fingerprint density at radius 3 is 2.83 bits per heavy atom. The van der Waals surface area contributed by atoms with E-state index in [2.05, 4.69) is 15.0 Å². The highest BCUT2D eigenvalue weighted by Gasteiger charge is 2.21. The lowest BCUT2D eigenvalue weighted by Gasteiger charge is -2.15. The molecule has 0 bridgehead atoms. The third kappa shape index (κ3) is 3.70. The van der Waals surface area contributed by atoms with Gasteiger partial charge in [0.2, 0.25) is 10.0 Å². The summed E-state index contributed by atoms with van der Waals surface area (Å²) in [4.78, 5) is 0.0861. The summed E-state index contributed by atoms with van der Waals surface area (Å²) in [7, 11) is -2.00. The quantitative estimate of drug-likeness (QED) is 0.282. The molecule has 0 aliphatic rings. The molecule has 1 unspecified atom stereocenters. The zero-order chi connectivity index (χ0) is 13.8. The Balaban J connectivity index is 2.81. The molecule has 0 aliphatic heterocycles. The summed E-state index contributed by atoms with van der Waals surface area (Å²) in [5, 5.41) is 15.1. The van der Waals surface area contributed by atoms with Gasteiger partial charge in [-0.05, 0) is 6.42 Å². The minimum atomic E-state index is -3.63. The van der Waals surface area contributed by atoms with Gasteiger partial charge in [-0.1, -0.05) is 12.1 Å². The van der Waals surface area contributed by atoms with Gasteiger partial charge in [0, 0.05) is 25.7 Å². The molecule has 1 heterocycles. The Bertz CT molecular complexity index is 522. The second-order valence-corrected chi connectivity index (χ2v) is 5.59. The normalized spacial score (nSPS) is 14.7. The van der Waals surface area contributed by atoms with E-state index in [-0.39, 0.29) is 17.2 Å². The Morgan fingerprint density at radius 1 is 1.72 bits per heavy atom. The lowest BCUT2D eigenvalue weighted by Crippen LogP contribution is -2.37. The fourth-order valence-corrected chi connectivity index (χ4v) is 2.69. The molecule has 0 spiro atoms. The first-order valence-corrected chi connectivity index (χ1v) is 6.84. The van der Waals surface area contributed by atoms with Crippen LogP contribution in [0.1, 0.15) is 19.8 Å². The Kier molecular flexibility index (Phi) is 4.68. The summed E-state index contributed by atoms with van der Waals surface area (Å²) >= 11 is 0. The highest BCUT2D eigenvalue weighted by molar-refractivity contribution is 7.89. The van der Waals surface area contributed by atoms with Crippen molar-refractivity contribution in [1.82, 2.24) is 14.5 Å². The van der Waals surface area contributed by atoms with Crippen molar-refractivity contribution >= 4 is 15.9 Å². The molecule has 0 aromatic carbocycles. The number of oxime groups is 1. The van der Waals surface area contributed by atoms with E-state index in [1.807, 2.05) is 0 Å². The Morgan fingerprint density at radius 2 is 2.39 bits per heavy atom. The van der Waals surface area contributed by atoms with Crippen molar-refractivity contribution in [2.75, 3.05) is 0 Å². The standard InChI is InChI=1S/C9H17N5O3S/c1-3-7(4-9(10)12-15)13-18(16,17)8-5-11-14(2)6-8/h5-7,13,15H,3-4H2,1-2H3,(H2,10,12). The maximum atomic E-state index is 12.0. The van der Waals surface area contributed by atoms with Crippen LogP contribution in [0.25, 0.3) is 0 Å². The van der Waals surface area contributed by atoms with Gasteiger partial charge < -0.3 is 10.9 Å². The third-order valence-electron chi connectivity index (χ3n) is 2.39. The number of nitrogens with two attached hydrogens (primary N) is 1. The number of aromatic nitrogens is 2. The summed E-state index contributed by atoms with van der Waals surface area (Å²) in [5.41, 5.74) is 5.36. The lowest BCUT2D eigenvalue weighted by molar-refractivity contribution is 0.316. The molecule has 18 heavy (non-hydrogen) atoms. The number of hydrogen-bond donors (Lipinski definition) is 3. The predicted octanol–water partition coefficient (Wildman–Crippen LogP) is -0.386. The van der Waals surface area contributed by atoms with Gasteiger partial charge >= 0.3 is 0 Å². The van der Waals surface area contributed by atoms with Crippen LogP contribution in [0.3, 0.4) is 0 Å². The number of nitrogens with zero attached hydrogens (tertiary/aromatic N) is 3. The van der Waals surface area contributed by atoms with Crippen molar-refractivity contribution in [3.8, 4) is 0 Å². The van der Waals surface area contributed by atoms with E-state index in [1.165, 1.54) is 17.1 Å². The molecule has 0 saturated heterocycles. The van der Waals surface area contributed by atoms with Crippen LogP contribution in [0.2, 0.25) is 0 Å². The van der Waals surface area contributed by atoms with E-state index < -0.39 is 16.1 Å². The minimum Gasteiger partial charge on any atom is -0.409 e. The topological polar surface area (TPSA) is 123 Å². The molecule has 0 saturated carbocycles. The zero-order valence-corrected chi connectivity index (χ0v) is 11.1. The van der Waals surface area contributed by atoms with Crippen molar-refractivity contribution in [1.29, 1.82) is 0 Å². The minimum absolute atomic E-state index is 0.0178. The summed E-state index contributed by atoms with van der Waals surface area (Å²) in [6, 6.07) is -0.425. The highest BCUT2D eigenvalue weighted by Crippen LogP contribution is 2.09. The highest BCUT2D eigenvalue weighted by atomic mass is 32.2. The van der Waals surface area contributed by atoms with E-state index >= 15 is 0 Å². The monoisotopic (exact) mass is 275 g/mol. The van der Waals surface area contributed by atoms with E-state index in [9.17, 15) is 8.42 Å². The summed E-state index contributed by atoms with van der Waals surface area (Å²) < 4.78 is 27.8. The molecule has 0 radical (unpaired) electrons. The molecule has 0 amide bonds. The van der Waals surface area contributed by atoms with Crippen LogP contribution in [0.4, 0.5) is 0 Å². The molecular formula is C9H17N5O3S. The molecule has 0 fully saturated rings. The van der Waals surface area contributed by atoms with Gasteiger partial charge in [-0.3, -0.25) is 4.68 Å². The summed E-state index contributed by atoms with van der Waals surface area (Å²) in [6.45, 7) is 1.81. The SMILES string of the molecule is CCC(CC(N)=NO)NS(=O)(=O)c1cnn(C)c1. The summed E-state index contributed by atoms with van der Waals surface area (Å²) in [6.07, 6.45) is 3.33. The second-order valence-electron chi connectivity index (χ2n) is 3.87. The van der Waals surface area contributed by atoms with Crippen LogP contribution in [-0.4, -0.2) is 35.3 Å². The molecule has 1 aromatic rings. The van der Waals surface area contributed by atoms with Crippen molar-refractivity contribution in [3.05, 3.63) is 12.4 Å². The van der Waals surface area contributed by atoms with Crippen LogP contribution in [0.5, 0.6) is 0 Å². The van der Waals surface area contributed by atoms with Gasteiger partial charge in [-0.15, -0.1) is 0 Å². The van der Waals surface area contributed by atoms with Crippen LogP contribution in [0, 0.1) is 0 Å². The first kappa shape index (κ1) is 14.5. The number of rotatable bonds is 6. The fraction of sp³-hybridized carbons (Fsp3) is 0.556. The first-order chi connectivity index (χ1) is 8.39. The lowest BCUT2D eigenvalue weighted by atomic mass is 10.1. The van der Waals surface area contributed by atoms with E-state index in [1.54, 1.807) is 14.0 Å². The van der Waals surface area contributed by atoms with Crippen LogP contribution in [0.15, 0.2) is 22.4 Å². The number of hydrogen-bond acceptors (Lipinski definition) is 5. The van der Waals surface area contributed by atoms with E-state index in [0.717, 1.165) is 0 Å². The summed E-state index contributed by atoms with van der Waals surface area (Å²) in [5.74, 6) is -0.0178. The van der Waals surface area contributed by atoms with E-state index in [4.69, 9.17) is 10.9 Å². The second kappa shape index (κ2) is 5.83. The third-order valence-corrected chi connectivity index (χ3v) is 3.87. The molecule has 8 nitrogen and oxygen atoms in total. The Labute approximate surface area is 106 Å². The van der Waals surface area contributed by atoms with Crippen LogP contribution in [-0.2, 0) is 17.1 Å². The van der Waals surface area contributed by atoms with Crippen molar-refractivity contribution in [3.63, 3.8) is 0 Å². The smallest absolute Gasteiger partial charge is 0.243 e.